The van der Waals surface area contributed by atoms with Crippen LogP contribution < -0.4 is 21.3 Å². The highest BCUT2D eigenvalue weighted by Gasteiger charge is 2.60. The maximum absolute atomic E-state index is 2.75. The lowest BCUT2D eigenvalue weighted by Crippen LogP contribution is -2.55. The molecule has 0 spiro atoms. The fourth-order valence-corrected chi connectivity index (χ4v) is 9.66. The molecule has 2 unspecified atom stereocenters. The Morgan fingerprint density at radius 1 is 0.683 bits per heavy atom. The highest BCUT2D eigenvalue weighted by atomic mass is 15.3. The van der Waals surface area contributed by atoms with Crippen LogP contribution in [0.5, 0.6) is 0 Å². The summed E-state index contributed by atoms with van der Waals surface area (Å²) in [5.41, 5.74) is 15.9. The molecule has 41 heavy (non-hydrogen) atoms. The number of rotatable bonds is 1. The third-order valence-corrected chi connectivity index (χ3v) is 11.5. The first-order valence-electron chi connectivity index (χ1n) is 15.3. The normalized spacial score (nSPS) is 23.1. The van der Waals surface area contributed by atoms with Crippen molar-refractivity contribution in [2.75, 3.05) is 4.90 Å². The predicted molar refractivity (Wildman–Crippen MR) is 174 cm³/mol. The van der Waals surface area contributed by atoms with Gasteiger partial charge in [0.25, 0.3) is 0 Å². The molecule has 196 valence electrons. The molecule has 3 heteroatoms. The summed E-state index contributed by atoms with van der Waals surface area (Å²) in [5.74, 6) is 0. The van der Waals surface area contributed by atoms with Crippen LogP contribution in [-0.2, 0) is 5.41 Å². The van der Waals surface area contributed by atoms with Crippen LogP contribution in [0.4, 0.5) is 11.4 Å². The molecule has 5 aromatic carbocycles. The summed E-state index contributed by atoms with van der Waals surface area (Å²) in [6.45, 7) is 5.42. The minimum absolute atomic E-state index is 0.0172. The topological polar surface area (TPSA) is 8.17 Å². The number of hydrogen-bond donors (Lipinski definition) is 0. The van der Waals surface area contributed by atoms with E-state index in [-0.39, 0.29) is 17.7 Å². The Morgan fingerprint density at radius 3 is 2.32 bits per heavy atom. The van der Waals surface area contributed by atoms with Gasteiger partial charge >= 0.3 is 0 Å². The summed E-state index contributed by atoms with van der Waals surface area (Å²) < 4.78 is 2.61. The minimum Gasteiger partial charge on any atom is -0.334 e. The molecule has 6 aromatic rings. The van der Waals surface area contributed by atoms with Crippen molar-refractivity contribution in [3.63, 3.8) is 0 Å². The van der Waals surface area contributed by atoms with Crippen LogP contribution in [-0.4, -0.2) is 16.8 Å². The molecule has 2 atom stereocenters. The van der Waals surface area contributed by atoms with Crippen LogP contribution in [0, 0.1) is 0 Å². The summed E-state index contributed by atoms with van der Waals surface area (Å²) >= 11 is 0. The van der Waals surface area contributed by atoms with Gasteiger partial charge in [-0.05, 0) is 71.6 Å². The zero-order chi connectivity index (χ0) is 27.1. The van der Waals surface area contributed by atoms with Crippen molar-refractivity contribution in [2.24, 2.45) is 0 Å². The Bertz CT molecular complexity index is 2110. The summed E-state index contributed by atoms with van der Waals surface area (Å²) in [6.07, 6.45) is 5.01. The molecule has 4 heterocycles. The third-order valence-electron chi connectivity index (χ3n) is 11.5. The second-order valence-electron chi connectivity index (χ2n) is 13.2. The van der Waals surface area contributed by atoms with Gasteiger partial charge in [-0.25, -0.2) is 0 Å². The fourth-order valence-electron chi connectivity index (χ4n) is 9.66. The van der Waals surface area contributed by atoms with Gasteiger partial charge in [0.2, 0.25) is 6.71 Å². The number of anilines is 2. The fraction of sp³-hybridized carbons (Fsp3) is 0.211. The van der Waals surface area contributed by atoms with Crippen molar-refractivity contribution in [1.29, 1.82) is 0 Å². The largest absolute Gasteiger partial charge is 0.334 e. The first-order chi connectivity index (χ1) is 20.1. The van der Waals surface area contributed by atoms with Crippen LogP contribution in [0.1, 0.15) is 45.1 Å². The van der Waals surface area contributed by atoms with Crippen molar-refractivity contribution in [3.05, 3.63) is 109 Å². The standard InChI is InChI=1S/C38H31BN2/c1-37-21-10-11-22-38(37,2)41(24-13-4-3-5-14-24)31-23-32-35-33(34(31)37)27-16-6-8-18-28(27)39(35)29-19-12-17-26-25-15-7-9-20-30(25)40(32)36(26)29/h3-9,12-20,23H,10-11,21-22H2,1-2H3. The van der Waals surface area contributed by atoms with E-state index in [0.717, 1.165) is 0 Å². The summed E-state index contributed by atoms with van der Waals surface area (Å²) in [6, 6.07) is 39.1. The lowest BCUT2D eigenvalue weighted by molar-refractivity contribution is 0.195. The molecule has 0 radical (unpaired) electrons. The van der Waals surface area contributed by atoms with Crippen molar-refractivity contribution < 1.29 is 0 Å². The lowest BCUT2D eigenvalue weighted by atomic mass is 9.37. The molecule has 3 aliphatic heterocycles. The molecule has 1 aromatic heterocycles. The molecule has 0 amide bonds. The molecule has 0 saturated heterocycles. The molecule has 2 nitrogen and oxygen atoms in total. The average molecular weight is 526 g/mol. The maximum Gasteiger partial charge on any atom is 0.248 e. The van der Waals surface area contributed by atoms with E-state index in [1.807, 2.05) is 0 Å². The molecule has 1 fully saturated rings. The van der Waals surface area contributed by atoms with E-state index in [1.165, 1.54) is 92.1 Å². The highest BCUT2D eigenvalue weighted by Crippen LogP contribution is 2.63. The van der Waals surface area contributed by atoms with Crippen LogP contribution in [0.25, 0.3) is 38.6 Å². The average Bonchev–Trinajstić information content (AvgIpc) is 3.60. The quantitative estimate of drug-likeness (QED) is 0.203. The number of fused-ring (bicyclic) bond motifs is 12. The number of aromatic nitrogens is 1. The summed E-state index contributed by atoms with van der Waals surface area (Å²) in [4.78, 5) is 2.75. The Hall–Kier alpha value is -4.24. The Labute approximate surface area is 241 Å². The first kappa shape index (κ1) is 22.5. The zero-order valence-electron chi connectivity index (χ0n) is 23.6. The second kappa shape index (κ2) is 7.34. The van der Waals surface area contributed by atoms with Crippen LogP contribution in [0.15, 0.2) is 103 Å². The number of benzene rings is 5. The Balaban J connectivity index is 1.43. The van der Waals surface area contributed by atoms with E-state index in [4.69, 9.17) is 0 Å². The van der Waals surface area contributed by atoms with E-state index in [1.54, 1.807) is 5.56 Å². The van der Waals surface area contributed by atoms with Crippen molar-refractivity contribution in [2.45, 2.75) is 50.5 Å². The van der Waals surface area contributed by atoms with Crippen molar-refractivity contribution in [1.82, 2.24) is 4.57 Å². The molecule has 1 aliphatic carbocycles. The molecule has 0 bridgehead atoms. The first-order valence-corrected chi connectivity index (χ1v) is 15.3. The molecular formula is C38H31BN2. The van der Waals surface area contributed by atoms with E-state index in [2.05, 4.69) is 126 Å². The zero-order valence-corrected chi connectivity index (χ0v) is 23.6. The highest BCUT2D eigenvalue weighted by molar-refractivity contribution is 7.01. The van der Waals surface area contributed by atoms with Crippen LogP contribution in [0.2, 0.25) is 0 Å². The molecule has 4 aliphatic rings. The minimum atomic E-state index is 0.0172. The Kier molecular flexibility index (Phi) is 4.02. The third kappa shape index (κ3) is 2.42. The number of hydrogen-bond acceptors (Lipinski definition) is 1. The molecule has 0 N–H and O–H groups in total. The van der Waals surface area contributed by atoms with E-state index in [0.29, 0.717) is 0 Å². The van der Waals surface area contributed by atoms with Gasteiger partial charge in [0.1, 0.15) is 0 Å². The van der Waals surface area contributed by atoms with E-state index < -0.39 is 0 Å². The van der Waals surface area contributed by atoms with Gasteiger partial charge in [-0.3, -0.25) is 0 Å². The molecular weight excluding hydrogens is 495 g/mol. The van der Waals surface area contributed by atoms with Gasteiger partial charge in [0.15, 0.2) is 0 Å². The Morgan fingerprint density at radius 2 is 1.41 bits per heavy atom. The summed E-state index contributed by atoms with van der Waals surface area (Å²) in [7, 11) is 0. The van der Waals surface area contributed by atoms with E-state index >= 15 is 0 Å². The lowest BCUT2D eigenvalue weighted by Gasteiger charge is -2.50. The van der Waals surface area contributed by atoms with Crippen molar-refractivity contribution >= 4 is 56.3 Å². The smallest absolute Gasteiger partial charge is 0.248 e. The second-order valence-corrected chi connectivity index (χ2v) is 13.2. The van der Waals surface area contributed by atoms with Gasteiger partial charge in [-0.2, -0.15) is 0 Å². The van der Waals surface area contributed by atoms with Gasteiger partial charge < -0.3 is 9.47 Å². The van der Waals surface area contributed by atoms with Gasteiger partial charge in [0.05, 0.1) is 11.1 Å². The maximum atomic E-state index is 2.75. The summed E-state index contributed by atoms with van der Waals surface area (Å²) in [5, 5.41) is 2.71. The molecule has 1 saturated carbocycles. The van der Waals surface area contributed by atoms with Gasteiger partial charge in [-0.1, -0.05) is 104 Å². The van der Waals surface area contributed by atoms with Crippen molar-refractivity contribution in [3.8, 4) is 16.8 Å². The number of para-hydroxylation sites is 3. The van der Waals surface area contributed by atoms with Gasteiger partial charge in [0, 0.05) is 38.8 Å². The predicted octanol–water partition coefficient (Wildman–Crippen LogP) is 7.34. The van der Waals surface area contributed by atoms with Crippen LogP contribution >= 0.6 is 0 Å². The number of nitrogens with zero attached hydrogens (tertiary/aromatic N) is 2. The van der Waals surface area contributed by atoms with Gasteiger partial charge in [-0.15, -0.1) is 0 Å². The van der Waals surface area contributed by atoms with E-state index in [9.17, 15) is 0 Å². The van der Waals surface area contributed by atoms with Crippen LogP contribution in [0.3, 0.4) is 0 Å². The monoisotopic (exact) mass is 526 g/mol. The SMILES string of the molecule is CC12CCCCC1(C)N(c1ccccc1)c1cc3c4c(c12)-c1ccccc1B4c1cccc2c4ccccc4n-3c12. The molecule has 10 rings (SSSR count).